The van der Waals surface area contributed by atoms with Crippen molar-refractivity contribution in [2.45, 2.75) is 38.1 Å². The molecule has 0 aromatic heterocycles. The number of nitriles is 1. The van der Waals surface area contributed by atoms with Gasteiger partial charge in [-0.25, -0.2) is 0 Å². The third kappa shape index (κ3) is 4.56. The molecule has 1 aliphatic carbocycles. The van der Waals surface area contributed by atoms with Crippen LogP contribution in [0.1, 0.15) is 37.7 Å². The van der Waals surface area contributed by atoms with E-state index in [1.807, 2.05) is 36.4 Å². The maximum atomic E-state index is 12.1. The Morgan fingerprint density at radius 3 is 2.50 bits per heavy atom. The summed E-state index contributed by atoms with van der Waals surface area (Å²) in [6.07, 6.45) is 8.15. The topological polar surface area (TPSA) is 70.0 Å². The number of amides is 1. The van der Waals surface area contributed by atoms with Gasteiger partial charge in [-0.05, 0) is 24.5 Å². The zero-order chi connectivity index (χ0) is 15.8. The van der Waals surface area contributed by atoms with Crippen LogP contribution >= 0.6 is 0 Å². The zero-order valence-corrected chi connectivity index (χ0v) is 12.5. The van der Waals surface area contributed by atoms with Crippen molar-refractivity contribution >= 4 is 17.8 Å². The van der Waals surface area contributed by atoms with Crippen molar-refractivity contribution in [2.75, 3.05) is 0 Å². The normalized spacial score (nSPS) is 16.9. The Labute approximate surface area is 130 Å². The number of carbonyl (C=O) groups excluding carboxylic acids is 2. The van der Waals surface area contributed by atoms with Crippen molar-refractivity contribution < 1.29 is 9.59 Å². The lowest BCUT2D eigenvalue weighted by Gasteiger charge is -2.23. The Bertz CT molecular complexity index is 581. The van der Waals surface area contributed by atoms with Crippen LogP contribution in [-0.4, -0.2) is 17.7 Å². The van der Waals surface area contributed by atoms with Crippen molar-refractivity contribution in [2.24, 2.45) is 5.92 Å². The van der Waals surface area contributed by atoms with Crippen molar-refractivity contribution in [3.8, 4) is 6.07 Å². The summed E-state index contributed by atoms with van der Waals surface area (Å²) in [7, 11) is 0. The molecule has 0 aliphatic heterocycles. The molecule has 1 atom stereocenters. The minimum absolute atomic E-state index is 0.100. The predicted molar refractivity (Wildman–Crippen MR) is 84.6 cm³/mol. The summed E-state index contributed by atoms with van der Waals surface area (Å²) < 4.78 is 0. The lowest BCUT2D eigenvalue weighted by atomic mass is 9.94. The molecule has 22 heavy (non-hydrogen) atoms. The third-order valence-corrected chi connectivity index (χ3v) is 3.87. The summed E-state index contributed by atoms with van der Waals surface area (Å²) in [4.78, 5) is 24.2. The number of nitrogens with zero attached hydrogens (tertiary/aromatic N) is 1. The van der Waals surface area contributed by atoms with Gasteiger partial charge in [0.25, 0.3) is 0 Å². The van der Waals surface area contributed by atoms with Gasteiger partial charge in [0.15, 0.2) is 11.7 Å². The highest BCUT2D eigenvalue weighted by Crippen LogP contribution is 2.18. The standard InChI is InChI=1S/C18H20N2O2/c19-13-16(18(22)20-15-9-5-2-6-10-15)17(21)12-11-14-7-3-1-4-8-14/h1,3-4,7-8,11-12,15-16H,2,5-6,9-10H2,(H,20,22)/b12-11+/t16-/m1/s1. The van der Waals surface area contributed by atoms with Crippen molar-refractivity contribution in [3.63, 3.8) is 0 Å². The van der Waals surface area contributed by atoms with E-state index in [1.165, 1.54) is 12.5 Å². The Morgan fingerprint density at radius 1 is 1.18 bits per heavy atom. The molecule has 1 N–H and O–H groups in total. The summed E-state index contributed by atoms with van der Waals surface area (Å²) >= 11 is 0. The average molecular weight is 296 g/mol. The minimum Gasteiger partial charge on any atom is -0.352 e. The maximum Gasteiger partial charge on any atom is 0.245 e. The van der Waals surface area contributed by atoms with Crippen LogP contribution in [0.3, 0.4) is 0 Å². The Morgan fingerprint density at radius 2 is 1.86 bits per heavy atom. The molecule has 0 heterocycles. The molecular formula is C18H20N2O2. The van der Waals surface area contributed by atoms with Crippen LogP contribution in [0.2, 0.25) is 0 Å². The van der Waals surface area contributed by atoms with Gasteiger partial charge in [0, 0.05) is 6.04 Å². The number of benzene rings is 1. The molecule has 0 spiro atoms. The van der Waals surface area contributed by atoms with Crippen LogP contribution in [0.25, 0.3) is 6.08 Å². The zero-order valence-electron chi connectivity index (χ0n) is 12.5. The number of rotatable bonds is 5. The van der Waals surface area contributed by atoms with E-state index < -0.39 is 17.6 Å². The van der Waals surface area contributed by atoms with E-state index in [2.05, 4.69) is 5.32 Å². The summed E-state index contributed by atoms with van der Waals surface area (Å²) in [5.74, 6) is -2.21. The van der Waals surface area contributed by atoms with Crippen molar-refractivity contribution in [1.29, 1.82) is 5.26 Å². The first-order chi connectivity index (χ1) is 10.7. The maximum absolute atomic E-state index is 12.1. The number of hydrogen-bond donors (Lipinski definition) is 1. The van der Waals surface area contributed by atoms with Crippen LogP contribution < -0.4 is 5.32 Å². The second-order valence-electron chi connectivity index (χ2n) is 5.55. The van der Waals surface area contributed by atoms with E-state index in [-0.39, 0.29) is 6.04 Å². The molecule has 1 aliphatic rings. The lowest BCUT2D eigenvalue weighted by Crippen LogP contribution is -2.41. The number of ketones is 1. The SMILES string of the molecule is N#C[C@H](C(=O)/C=C/c1ccccc1)C(=O)NC1CCCCC1. The van der Waals surface area contributed by atoms with Gasteiger partial charge in [-0.1, -0.05) is 55.7 Å². The molecule has 2 rings (SSSR count). The molecule has 1 amide bonds. The van der Waals surface area contributed by atoms with Crippen molar-refractivity contribution in [1.82, 2.24) is 5.32 Å². The molecule has 4 nitrogen and oxygen atoms in total. The van der Waals surface area contributed by atoms with Crippen LogP contribution in [0, 0.1) is 17.2 Å². The monoisotopic (exact) mass is 296 g/mol. The van der Waals surface area contributed by atoms with E-state index in [0.29, 0.717) is 0 Å². The predicted octanol–water partition coefficient (Wildman–Crippen LogP) is 2.86. The highest BCUT2D eigenvalue weighted by atomic mass is 16.2. The van der Waals surface area contributed by atoms with Crippen molar-refractivity contribution in [3.05, 3.63) is 42.0 Å². The third-order valence-electron chi connectivity index (χ3n) is 3.87. The first-order valence-corrected chi connectivity index (χ1v) is 7.67. The fraction of sp³-hybridized carbons (Fsp3) is 0.389. The molecule has 1 saturated carbocycles. The van der Waals surface area contributed by atoms with Crippen LogP contribution in [0.5, 0.6) is 0 Å². The molecule has 1 fully saturated rings. The number of nitrogens with one attached hydrogen (secondary N) is 1. The van der Waals surface area contributed by atoms with Gasteiger partial charge in [0.05, 0.1) is 6.07 Å². The smallest absolute Gasteiger partial charge is 0.245 e. The Balaban J connectivity index is 1.95. The molecule has 1 aromatic rings. The van der Waals surface area contributed by atoms with E-state index in [1.54, 1.807) is 6.08 Å². The van der Waals surface area contributed by atoms with E-state index >= 15 is 0 Å². The fourth-order valence-electron chi connectivity index (χ4n) is 2.62. The van der Waals surface area contributed by atoms with Gasteiger partial charge in [-0.2, -0.15) is 5.26 Å². The van der Waals surface area contributed by atoms with Gasteiger partial charge in [-0.3, -0.25) is 9.59 Å². The molecular weight excluding hydrogens is 276 g/mol. The summed E-state index contributed by atoms with van der Waals surface area (Å²) in [5.41, 5.74) is 0.861. The van der Waals surface area contributed by atoms with Crippen LogP contribution in [-0.2, 0) is 9.59 Å². The molecule has 114 valence electrons. The largest absolute Gasteiger partial charge is 0.352 e. The van der Waals surface area contributed by atoms with E-state index in [4.69, 9.17) is 5.26 Å². The molecule has 0 saturated heterocycles. The number of allylic oxidation sites excluding steroid dienone is 1. The summed E-state index contributed by atoms with van der Waals surface area (Å²) in [6, 6.07) is 11.2. The second-order valence-corrected chi connectivity index (χ2v) is 5.55. The Kier molecular flexibility index (Phi) is 5.91. The van der Waals surface area contributed by atoms with Gasteiger partial charge < -0.3 is 5.32 Å². The first-order valence-electron chi connectivity index (χ1n) is 7.67. The number of carbonyl (C=O) groups is 2. The van der Waals surface area contributed by atoms with Gasteiger partial charge in [-0.15, -0.1) is 0 Å². The second kappa shape index (κ2) is 8.14. The first kappa shape index (κ1) is 16.0. The van der Waals surface area contributed by atoms with Gasteiger partial charge >= 0.3 is 0 Å². The minimum atomic E-state index is -1.26. The fourth-order valence-corrected chi connectivity index (χ4v) is 2.62. The molecule has 0 radical (unpaired) electrons. The lowest BCUT2D eigenvalue weighted by molar-refractivity contribution is -0.130. The highest BCUT2D eigenvalue weighted by Gasteiger charge is 2.26. The molecule has 0 bridgehead atoms. The van der Waals surface area contributed by atoms with Gasteiger partial charge in [0.2, 0.25) is 5.91 Å². The van der Waals surface area contributed by atoms with E-state index in [9.17, 15) is 9.59 Å². The van der Waals surface area contributed by atoms with Crippen LogP contribution in [0.15, 0.2) is 36.4 Å². The quantitative estimate of drug-likeness (QED) is 0.671. The molecule has 1 aromatic carbocycles. The van der Waals surface area contributed by atoms with Crippen LogP contribution in [0.4, 0.5) is 0 Å². The highest BCUT2D eigenvalue weighted by molar-refractivity contribution is 6.10. The molecule has 4 heteroatoms. The van der Waals surface area contributed by atoms with Gasteiger partial charge in [0.1, 0.15) is 0 Å². The Hall–Kier alpha value is -2.41. The number of hydrogen-bond acceptors (Lipinski definition) is 3. The summed E-state index contributed by atoms with van der Waals surface area (Å²) in [6.45, 7) is 0. The summed E-state index contributed by atoms with van der Waals surface area (Å²) in [5, 5.41) is 12.0. The van der Waals surface area contributed by atoms with E-state index in [0.717, 1.165) is 31.2 Å². The molecule has 0 unspecified atom stereocenters. The average Bonchev–Trinajstić information content (AvgIpc) is 2.55.